The van der Waals surface area contributed by atoms with Crippen molar-refractivity contribution in [2.75, 3.05) is 19.0 Å². The molecule has 0 saturated carbocycles. The Morgan fingerprint density at radius 3 is 3.36 bits per heavy atom. The molecule has 1 aliphatic heterocycles. The number of hydrogen-bond acceptors (Lipinski definition) is 4. The summed E-state index contributed by atoms with van der Waals surface area (Å²) in [5.41, 5.74) is 1.00. The molecule has 1 aromatic heterocycles. The standard InChI is InChI=1S/C7H9N3O/c1-11-6-4-9-7-5(10-6)2-3-8-7/h4H,2-3H2,1H3,(H,8,9). The van der Waals surface area contributed by atoms with Gasteiger partial charge in [-0.1, -0.05) is 0 Å². The van der Waals surface area contributed by atoms with Gasteiger partial charge in [0.2, 0.25) is 5.88 Å². The summed E-state index contributed by atoms with van der Waals surface area (Å²) in [7, 11) is 1.60. The lowest BCUT2D eigenvalue weighted by Crippen LogP contribution is -1.94. The first kappa shape index (κ1) is 6.39. The van der Waals surface area contributed by atoms with Gasteiger partial charge in [-0.25, -0.2) is 9.97 Å². The van der Waals surface area contributed by atoms with Crippen LogP contribution in [0.2, 0.25) is 0 Å². The summed E-state index contributed by atoms with van der Waals surface area (Å²) in [5, 5.41) is 3.12. The number of fused-ring (bicyclic) bond motifs is 1. The summed E-state index contributed by atoms with van der Waals surface area (Å²) in [4.78, 5) is 8.36. The highest BCUT2D eigenvalue weighted by molar-refractivity contribution is 5.45. The fourth-order valence-corrected chi connectivity index (χ4v) is 1.13. The minimum absolute atomic E-state index is 0.590. The molecule has 0 atom stereocenters. The van der Waals surface area contributed by atoms with E-state index in [2.05, 4.69) is 15.3 Å². The van der Waals surface area contributed by atoms with Crippen LogP contribution in [0.15, 0.2) is 6.20 Å². The van der Waals surface area contributed by atoms with E-state index in [0.717, 1.165) is 24.5 Å². The monoisotopic (exact) mass is 151 g/mol. The number of nitrogens with one attached hydrogen (secondary N) is 1. The Balaban J connectivity index is 2.41. The molecule has 0 unspecified atom stereocenters. The van der Waals surface area contributed by atoms with Gasteiger partial charge in [-0.2, -0.15) is 0 Å². The highest BCUT2D eigenvalue weighted by atomic mass is 16.5. The molecule has 1 aliphatic rings. The summed E-state index contributed by atoms with van der Waals surface area (Å²) in [5.74, 6) is 1.48. The van der Waals surface area contributed by atoms with Crippen molar-refractivity contribution >= 4 is 5.82 Å². The van der Waals surface area contributed by atoms with Gasteiger partial charge >= 0.3 is 0 Å². The van der Waals surface area contributed by atoms with Crippen LogP contribution in [0, 0.1) is 0 Å². The van der Waals surface area contributed by atoms with Crippen LogP contribution in [0.1, 0.15) is 5.69 Å². The molecule has 0 fully saturated rings. The third kappa shape index (κ3) is 1.00. The number of rotatable bonds is 1. The third-order valence-corrected chi connectivity index (χ3v) is 1.69. The van der Waals surface area contributed by atoms with Gasteiger partial charge < -0.3 is 10.1 Å². The van der Waals surface area contributed by atoms with E-state index < -0.39 is 0 Å². The molecule has 0 spiro atoms. The fraction of sp³-hybridized carbons (Fsp3) is 0.429. The topological polar surface area (TPSA) is 47.0 Å². The second-order valence-corrected chi connectivity index (χ2v) is 2.38. The molecule has 1 N–H and O–H groups in total. The van der Waals surface area contributed by atoms with Crippen molar-refractivity contribution in [2.24, 2.45) is 0 Å². The molecule has 4 heteroatoms. The van der Waals surface area contributed by atoms with Crippen LogP contribution in [-0.2, 0) is 6.42 Å². The van der Waals surface area contributed by atoms with Crippen molar-refractivity contribution in [3.8, 4) is 5.88 Å². The van der Waals surface area contributed by atoms with Gasteiger partial charge in [-0.15, -0.1) is 0 Å². The minimum Gasteiger partial charge on any atom is -0.480 e. The number of anilines is 1. The second kappa shape index (κ2) is 2.38. The van der Waals surface area contributed by atoms with Gasteiger partial charge in [0.05, 0.1) is 19.0 Å². The van der Waals surface area contributed by atoms with Gasteiger partial charge in [0.15, 0.2) is 0 Å². The predicted octanol–water partition coefficient (Wildman–Crippen LogP) is 0.453. The van der Waals surface area contributed by atoms with Crippen LogP contribution in [-0.4, -0.2) is 23.6 Å². The van der Waals surface area contributed by atoms with Gasteiger partial charge in [0.1, 0.15) is 5.82 Å². The molecule has 58 valence electrons. The maximum absolute atomic E-state index is 4.94. The van der Waals surface area contributed by atoms with E-state index >= 15 is 0 Å². The fourth-order valence-electron chi connectivity index (χ4n) is 1.13. The Bertz CT molecular complexity index is 274. The highest BCUT2D eigenvalue weighted by Gasteiger charge is 2.12. The van der Waals surface area contributed by atoms with E-state index in [-0.39, 0.29) is 0 Å². The molecule has 0 amide bonds. The third-order valence-electron chi connectivity index (χ3n) is 1.69. The first-order chi connectivity index (χ1) is 5.40. The quantitative estimate of drug-likeness (QED) is 0.633. The number of aromatic nitrogens is 2. The van der Waals surface area contributed by atoms with Crippen molar-refractivity contribution in [1.82, 2.24) is 9.97 Å². The maximum Gasteiger partial charge on any atom is 0.232 e. The molecule has 11 heavy (non-hydrogen) atoms. The summed E-state index contributed by atoms with van der Waals surface area (Å²) < 4.78 is 4.94. The maximum atomic E-state index is 4.94. The molecule has 0 bridgehead atoms. The number of methoxy groups -OCH3 is 1. The molecule has 0 radical (unpaired) electrons. The van der Waals surface area contributed by atoms with Crippen molar-refractivity contribution in [1.29, 1.82) is 0 Å². The lowest BCUT2D eigenvalue weighted by Gasteiger charge is -1.99. The average Bonchev–Trinajstić information content (AvgIpc) is 2.50. The lowest BCUT2D eigenvalue weighted by molar-refractivity contribution is 0.394. The average molecular weight is 151 g/mol. The van der Waals surface area contributed by atoms with E-state index in [1.165, 1.54) is 0 Å². The van der Waals surface area contributed by atoms with Crippen LogP contribution in [0.4, 0.5) is 5.82 Å². The zero-order chi connectivity index (χ0) is 7.68. The van der Waals surface area contributed by atoms with E-state index in [0.29, 0.717) is 5.88 Å². The highest BCUT2D eigenvalue weighted by Crippen LogP contribution is 2.18. The molecule has 2 heterocycles. The van der Waals surface area contributed by atoms with Crippen molar-refractivity contribution in [2.45, 2.75) is 6.42 Å². The minimum atomic E-state index is 0.590. The zero-order valence-electron chi connectivity index (χ0n) is 6.29. The molecular formula is C7H9N3O. The summed E-state index contributed by atoms with van der Waals surface area (Å²) in [6.07, 6.45) is 2.57. The second-order valence-electron chi connectivity index (χ2n) is 2.38. The van der Waals surface area contributed by atoms with Crippen molar-refractivity contribution < 1.29 is 4.74 Å². The van der Waals surface area contributed by atoms with E-state index in [1.54, 1.807) is 13.3 Å². The first-order valence-corrected chi connectivity index (χ1v) is 3.54. The van der Waals surface area contributed by atoms with Crippen molar-refractivity contribution in [3.63, 3.8) is 0 Å². The predicted molar refractivity (Wildman–Crippen MR) is 40.8 cm³/mol. The van der Waals surface area contributed by atoms with Crippen LogP contribution in [0.5, 0.6) is 5.88 Å². The molecule has 0 aromatic carbocycles. The number of hydrogen-bond donors (Lipinski definition) is 1. The number of ether oxygens (including phenoxy) is 1. The van der Waals surface area contributed by atoms with Gasteiger partial charge in [0.25, 0.3) is 0 Å². The summed E-state index contributed by atoms with van der Waals surface area (Å²) >= 11 is 0. The Labute approximate surface area is 64.6 Å². The van der Waals surface area contributed by atoms with Crippen LogP contribution in [0.25, 0.3) is 0 Å². The molecule has 0 saturated heterocycles. The van der Waals surface area contributed by atoms with Gasteiger partial charge in [0, 0.05) is 13.0 Å². The summed E-state index contributed by atoms with van der Waals surface area (Å²) in [6.45, 7) is 0.933. The smallest absolute Gasteiger partial charge is 0.232 e. The SMILES string of the molecule is COc1cnc2c(n1)CCN2. The van der Waals surface area contributed by atoms with E-state index in [4.69, 9.17) is 4.74 Å². The molecule has 1 aromatic rings. The van der Waals surface area contributed by atoms with Crippen LogP contribution in [0.3, 0.4) is 0 Å². The van der Waals surface area contributed by atoms with Crippen LogP contribution >= 0.6 is 0 Å². The number of nitrogens with zero attached hydrogens (tertiary/aromatic N) is 2. The summed E-state index contributed by atoms with van der Waals surface area (Å²) in [6, 6.07) is 0. The Kier molecular flexibility index (Phi) is 1.38. The van der Waals surface area contributed by atoms with Crippen molar-refractivity contribution in [3.05, 3.63) is 11.9 Å². The van der Waals surface area contributed by atoms with Gasteiger partial charge in [-0.3, -0.25) is 0 Å². The Hall–Kier alpha value is -1.32. The molecule has 0 aliphatic carbocycles. The first-order valence-electron chi connectivity index (χ1n) is 3.54. The lowest BCUT2D eigenvalue weighted by atomic mass is 10.4. The molecular weight excluding hydrogens is 142 g/mol. The Morgan fingerprint density at radius 1 is 1.64 bits per heavy atom. The zero-order valence-corrected chi connectivity index (χ0v) is 6.29. The van der Waals surface area contributed by atoms with Crippen LogP contribution < -0.4 is 10.1 Å². The van der Waals surface area contributed by atoms with E-state index in [9.17, 15) is 0 Å². The Morgan fingerprint density at radius 2 is 2.55 bits per heavy atom. The molecule has 2 rings (SSSR count). The van der Waals surface area contributed by atoms with Gasteiger partial charge in [-0.05, 0) is 0 Å². The largest absolute Gasteiger partial charge is 0.480 e. The molecule has 4 nitrogen and oxygen atoms in total. The normalized spacial score (nSPS) is 13.9. The van der Waals surface area contributed by atoms with E-state index in [1.807, 2.05) is 0 Å².